The van der Waals surface area contributed by atoms with Crippen molar-refractivity contribution in [1.82, 2.24) is 36.8 Å². The zero-order chi connectivity index (χ0) is 44.4. The molecule has 6 atom stereocenters. The highest BCUT2D eigenvalue weighted by atomic mass is 16.2. The lowest BCUT2D eigenvalue weighted by molar-refractivity contribution is -0.142. The van der Waals surface area contributed by atoms with Crippen molar-refractivity contribution in [1.29, 1.82) is 0 Å². The molecule has 0 bridgehead atoms. The summed E-state index contributed by atoms with van der Waals surface area (Å²) in [5.41, 5.74) is 12.6. The van der Waals surface area contributed by atoms with Gasteiger partial charge in [0.2, 0.25) is 41.4 Å². The summed E-state index contributed by atoms with van der Waals surface area (Å²) in [6, 6.07) is 12.2. The third kappa shape index (κ3) is 14.6. The molecule has 7 amide bonds. The number of nitrogens with one attached hydrogen (secondary N) is 6. The van der Waals surface area contributed by atoms with Crippen LogP contribution in [0.4, 0.5) is 0 Å². The van der Waals surface area contributed by atoms with Gasteiger partial charge in [0.05, 0.1) is 0 Å². The van der Waals surface area contributed by atoms with E-state index in [4.69, 9.17) is 11.5 Å². The standard InChI is InChI=1S/C45H64N10O7/c1-29(56)50-35(26-30-14-5-2-6-15-30)40(58)52-34-21-12-23-48-39(57)33(20-11-24-49-45(46)47)51-41(59)36(27-31-16-7-3-8-17-31)53-42(60)37(28-32-18-9-4-10-19-32)54-43(61)38-22-13-25-55(38)44(34)62/h2-3,5-8,14-17,32-38H,4,9-13,18-28H2,1H3,(H,48,57)(H,50,56)(H,51,59)(H,52,58)(H,53,60)(H,54,61)(H4,46,47,49)/t33-,34-,35-,36-,37-,38-/m0/s1. The second-order valence-corrected chi connectivity index (χ2v) is 16.7. The number of nitrogens with two attached hydrogens (primary N) is 2. The third-order valence-electron chi connectivity index (χ3n) is 11.8. The van der Waals surface area contributed by atoms with Gasteiger partial charge in [-0.05, 0) is 62.0 Å². The van der Waals surface area contributed by atoms with E-state index in [1.807, 2.05) is 60.7 Å². The lowest BCUT2D eigenvalue weighted by Crippen LogP contribution is -2.60. The Balaban J connectivity index is 1.46. The number of amides is 7. The van der Waals surface area contributed by atoms with Crippen molar-refractivity contribution in [2.45, 2.75) is 133 Å². The molecule has 2 saturated heterocycles. The van der Waals surface area contributed by atoms with Crippen LogP contribution >= 0.6 is 0 Å². The minimum absolute atomic E-state index is 0.0782. The third-order valence-corrected chi connectivity index (χ3v) is 11.8. The molecule has 2 aliphatic heterocycles. The molecule has 2 heterocycles. The number of nitrogens with zero attached hydrogens (tertiary/aromatic N) is 2. The Morgan fingerprint density at radius 3 is 2.08 bits per heavy atom. The second kappa shape index (κ2) is 23.9. The van der Waals surface area contributed by atoms with Crippen LogP contribution in [-0.2, 0) is 46.4 Å². The highest BCUT2D eigenvalue weighted by molar-refractivity contribution is 5.97. The maximum atomic E-state index is 14.5. The van der Waals surface area contributed by atoms with E-state index in [1.54, 1.807) is 0 Å². The van der Waals surface area contributed by atoms with Crippen LogP contribution in [0.25, 0.3) is 0 Å². The Morgan fingerprint density at radius 1 is 0.758 bits per heavy atom. The average Bonchev–Trinajstić information content (AvgIpc) is 3.76. The normalized spacial score (nSPS) is 23.9. The van der Waals surface area contributed by atoms with E-state index in [0.29, 0.717) is 25.7 Å². The molecule has 10 N–H and O–H groups in total. The molecule has 336 valence electrons. The van der Waals surface area contributed by atoms with E-state index in [0.717, 1.165) is 43.2 Å². The monoisotopic (exact) mass is 856 g/mol. The van der Waals surface area contributed by atoms with Crippen LogP contribution in [0.3, 0.4) is 0 Å². The fourth-order valence-electron chi connectivity index (χ4n) is 8.61. The average molecular weight is 857 g/mol. The Labute approximate surface area is 363 Å². The summed E-state index contributed by atoms with van der Waals surface area (Å²) < 4.78 is 0. The zero-order valence-corrected chi connectivity index (χ0v) is 35.7. The molecule has 2 aromatic rings. The lowest BCUT2D eigenvalue weighted by Gasteiger charge is -2.32. The molecule has 3 aliphatic rings. The van der Waals surface area contributed by atoms with Crippen LogP contribution in [0.15, 0.2) is 65.7 Å². The number of fused-ring (bicyclic) bond motifs is 1. The number of aliphatic imine (C=N–C) groups is 1. The first-order chi connectivity index (χ1) is 29.9. The highest BCUT2D eigenvalue weighted by Gasteiger charge is 2.40. The van der Waals surface area contributed by atoms with Crippen LogP contribution in [0.1, 0.15) is 95.1 Å². The molecule has 0 aromatic heterocycles. The SMILES string of the molecule is CC(=O)N[C@@H](Cc1ccccc1)C(=O)N[C@H]1CCCNC(=O)[C@H](CCCN=C(N)N)NC(=O)[C@H](Cc2ccccc2)NC(=O)[C@H](CC2CCCCC2)NC(=O)[C@@H]2CCCN2C1=O. The van der Waals surface area contributed by atoms with Gasteiger partial charge >= 0.3 is 0 Å². The van der Waals surface area contributed by atoms with E-state index in [-0.39, 0.29) is 63.6 Å². The van der Waals surface area contributed by atoms with E-state index in [1.165, 1.54) is 11.8 Å². The molecular weight excluding hydrogens is 793 g/mol. The molecule has 2 aromatic carbocycles. The van der Waals surface area contributed by atoms with Crippen molar-refractivity contribution in [3.63, 3.8) is 0 Å². The van der Waals surface area contributed by atoms with Crippen molar-refractivity contribution in [2.24, 2.45) is 22.4 Å². The van der Waals surface area contributed by atoms with Crippen molar-refractivity contribution in [2.75, 3.05) is 19.6 Å². The predicted octanol–water partition coefficient (Wildman–Crippen LogP) is 0.841. The van der Waals surface area contributed by atoms with E-state index >= 15 is 0 Å². The van der Waals surface area contributed by atoms with Crippen molar-refractivity contribution < 1.29 is 33.6 Å². The number of carbonyl (C=O) groups excluding carboxylic acids is 7. The van der Waals surface area contributed by atoms with Crippen LogP contribution in [-0.4, -0.2) is 108 Å². The topological polar surface area (TPSA) is 259 Å². The van der Waals surface area contributed by atoms with Crippen molar-refractivity contribution >= 4 is 47.3 Å². The summed E-state index contributed by atoms with van der Waals surface area (Å²) in [5, 5.41) is 17.2. The Hall–Kier alpha value is -6.00. The molecule has 1 saturated carbocycles. The number of hydrogen-bond acceptors (Lipinski definition) is 8. The first-order valence-corrected chi connectivity index (χ1v) is 22.1. The maximum absolute atomic E-state index is 14.5. The minimum atomic E-state index is -1.12. The van der Waals surface area contributed by atoms with Gasteiger partial charge < -0.3 is 48.3 Å². The van der Waals surface area contributed by atoms with E-state index < -0.39 is 77.6 Å². The van der Waals surface area contributed by atoms with E-state index in [9.17, 15) is 33.6 Å². The van der Waals surface area contributed by atoms with E-state index in [2.05, 4.69) is 36.9 Å². The molecule has 0 unspecified atom stereocenters. The largest absolute Gasteiger partial charge is 0.370 e. The second-order valence-electron chi connectivity index (χ2n) is 16.7. The maximum Gasteiger partial charge on any atom is 0.245 e. The number of benzene rings is 2. The summed E-state index contributed by atoms with van der Waals surface area (Å²) in [4.78, 5) is 103. The number of carbonyl (C=O) groups is 7. The van der Waals surface area contributed by atoms with Gasteiger partial charge in [-0.15, -0.1) is 0 Å². The first-order valence-electron chi connectivity index (χ1n) is 22.1. The predicted molar refractivity (Wildman–Crippen MR) is 234 cm³/mol. The van der Waals surface area contributed by atoms with Crippen LogP contribution < -0.4 is 43.4 Å². The zero-order valence-electron chi connectivity index (χ0n) is 35.7. The highest BCUT2D eigenvalue weighted by Crippen LogP contribution is 2.28. The fraction of sp³-hybridized carbons (Fsp3) is 0.556. The quantitative estimate of drug-likeness (QED) is 0.0806. The molecule has 1 aliphatic carbocycles. The van der Waals surface area contributed by atoms with Gasteiger partial charge in [-0.25, -0.2) is 0 Å². The van der Waals surface area contributed by atoms with Crippen molar-refractivity contribution in [3.8, 4) is 0 Å². The van der Waals surface area contributed by atoms with Crippen LogP contribution in [0.2, 0.25) is 0 Å². The Morgan fingerprint density at radius 2 is 1.40 bits per heavy atom. The van der Waals surface area contributed by atoms with Gasteiger partial charge in [0.15, 0.2) is 5.96 Å². The molecule has 17 heteroatoms. The van der Waals surface area contributed by atoms with Gasteiger partial charge in [0, 0.05) is 39.4 Å². The van der Waals surface area contributed by atoms with Crippen LogP contribution in [0, 0.1) is 5.92 Å². The minimum Gasteiger partial charge on any atom is -0.370 e. The number of hydrogen-bond donors (Lipinski definition) is 8. The molecular formula is C45H64N10O7. The Bertz CT molecular complexity index is 1870. The summed E-state index contributed by atoms with van der Waals surface area (Å²) >= 11 is 0. The van der Waals surface area contributed by atoms with Crippen molar-refractivity contribution in [3.05, 3.63) is 71.8 Å². The van der Waals surface area contributed by atoms with Gasteiger partial charge in [-0.3, -0.25) is 38.6 Å². The van der Waals surface area contributed by atoms with Crippen LogP contribution in [0.5, 0.6) is 0 Å². The fourth-order valence-corrected chi connectivity index (χ4v) is 8.61. The molecule has 17 nitrogen and oxygen atoms in total. The molecule has 0 spiro atoms. The Kier molecular flexibility index (Phi) is 18.1. The number of guanidine groups is 1. The van der Waals surface area contributed by atoms with Gasteiger partial charge in [-0.2, -0.15) is 0 Å². The summed E-state index contributed by atoms with van der Waals surface area (Å²) in [6.45, 7) is 1.85. The van der Waals surface area contributed by atoms with Gasteiger partial charge in [-0.1, -0.05) is 92.8 Å². The lowest BCUT2D eigenvalue weighted by atomic mass is 9.84. The van der Waals surface area contributed by atoms with Gasteiger partial charge in [0.25, 0.3) is 0 Å². The molecule has 5 rings (SSSR count). The first kappa shape index (κ1) is 47.1. The summed E-state index contributed by atoms with van der Waals surface area (Å²) in [6.07, 6.45) is 7.23. The number of rotatable bonds is 13. The molecule has 62 heavy (non-hydrogen) atoms. The summed E-state index contributed by atoms with van der Waals surface area (Å²) in [7, 11) is 0. The molecule has 3 fully saturated rings. The van der Waals surface area contributed by atoms with Gasteiger partial charge in [0.1, 0.15) is 36.3 Å². The molecule has 0 radical (unpaired) electrons. The smallest absolute Gasteiger partial charge is 0.245 e. The summed E-state index contributed by atoms with van der Waals surface area (Å²) in [5.74, 6) is -3.53.